The molecule has 2 N–H and O–H groups in total. The molecule has 1 aliphatic heterocycles. The lowest BCUT2D eigenvalue weighted by molar-refractivity contribution is 0.771. The van der Waals surface area contributed by atoms with Crippen LogP contribution >= 0.6 is 15.9 Å². The Morgan fingerprint density at radius 2 is 2.27 bits per heavy atom. The summed E-state index contributed by atoms with van der Waals surface area (Å²) in [5, 5.41) is 6.32. The van der Waals surface area contributed by atoms with Gasteiger partial charge in [0.15, 0.2) is 0 Å². The molecule has 0 bridgehead atoms. The highest BCUT2D eigenvalue weighted by atomic mass is 79.9. The summed E-state index contributed by atoms with van der Waals surface area (Å²) in [4.78, 5) is 0. The number of halogens is 1. The van der Waals surface area contributed by atoms with Gasteiger partial charge in [-0.2, -0.15) is 5.10 Å². The molecule has 1 unspecified atom stereocenters. The molecule has 4 heteroatoms. The average Bonchev–Trinajstić information content (AvgIpc) is 2.46. The number of hydrogen-bond acceptors (Lipinski definition) is 3. The zero-order valence-electron chi connectivity index (χ0n) is 8.87. The van der Waals surface area contributed by atoms with Gasteiger partial charge in [-0.3, -0.25) is 5.01 Å². The number of nitrogens with two attached hydrogens (primary N) is 1. The van der Waals surface area contributed by atoms with Crippen LogP contribution in [-0.4, -0.2) is 12.4 Å². The fraction of sp³-hybridized carbons (Fsp3) is 0.364. The van der Waals surface area contributed by atoms with E-state index in [2.05, 4.69) is 47.0 Å². The maximum Gasteiger partial charge on any atom is 0.124 e. The molecule has 15 heavy (non-hydrogen) atoms. The minimum Gasteiger partial charge on any atom is -0.385 e. The van der Waals surface area contributed by atoms with E-state index in [1.165, 1.54) is 5.56 Å². The van der Waals surface area contributed by atoms with Gasteiger partial charge in [0.2, 0.25) is 0 Å². The van der Waals surface area contributed by atoms with E-state index < -0.39 is 0 Å². The van der Waals surface area contributed by atoms with E-state index in [0.717, 1.165) is 22.5 Å². The molecule has 0 saturated heterocycles. The first kappa shape index (κ1) is 10.5. The Morgan fingerprint density at radius 3 is 2.80 bits per heavy atom. The van der Waals surface area contributed by atoms with Gasteiger partial charge in [-0.25, -0.2) is 0 Å². The fourth-order valence-electron chi connectivity index (χ4n) is 1.69. The number of hydrogen-bond donors (Lipinski definition) is 1. The normalized spacial score (nSPS) is 20.6. The van der Waals surface area contributed by atoms with Crippen molar-refractivity contribution in [3.05, 3.63) is 28.2 Å². The van der Waals surface area contributed by atoms with E-state index in [-0.39, 0.29) is 0 Å². The van der Waals surface area contributed by atoms with Gasteiger partial charge in [-0.15, -0.1) is 0 Å². The highest BCUT2D eigenvalue weighted by Crippen LogP contribution is 2.27. The van der Waals surface area contributed by atoms with E-state index in [9.17, 15) is 0 Å². The molecule has 2 rings (SSSR count). The summed E-state index contributed by atoms with van der Waals surface area (Å²) in [5.41, 5.74) is 8.12. The molecule has 0 aromatic heterocycles. The zero-order chi connectivity index (χ0) is 11.0. The number of anilines is 1. The Hall–Kier alpha value is -1.03. The predicted molar refractivity (Wildman–Crippen MR) is 67.0 cm³/mol. The van der Waals surface area contributed by atoms with Crippen LogP contribution in [0.4, 0.5) is 5.69 Å². The van der Waals surface area contributed by atoms with E-state index >= 15 is 0 Å². The Bertz CT molecular complexity index is 414. The highest BCUT2D eigenvalue weighted by Gasteiger charge is 2.22. The van der Waals surface area contributed by atoms with Gasteiger partial charge in [-0.05, 0) is 30.7 Å². The third kappa shape index (κ3) is 2.00. The lowest BCUT2D eigenvalue weighted by Crippen LogP contribution is -2.20. The maximum atomic E-state index is 5.79. The molecule has 0 amide bonds. The summed E-state index contributed by atoms with van der Waals surface area (Å²) in [6, 6.07) is 6.18. The van der Waals surface area contributed by atoms with E-state index in [4.69, 9.17) is 5.73 Å². The highest BCUT2D eigenvalue weighted by molar-refractivity contribution is 9.10. The number of hydrazone groups is 1. The molecule has 1 aliphatic rings. The minimum atomic E-state index is 0.341. The van der Waals surface area contributed by atoms with Crippen molar-refractivity contribution in [1.82, 2.24) is 0 Å². The quantitative estimate of drug-likeness (QED) is 0.850. The fourth-order valence-corrected chi connectivity index (χ4v) is 2.17. The Kier molecular flexibility index (Phi) is 2.69. The topological polar surface area (TPSA) is 41.6 Å². The third-order valence-electron chi connectivity index (χ3n) is 2.62. The number of amidine groups is 1. The second kappa shape index (κ2) is 3.85. The smallest absolute Gasteiger partial charge is 0.124 e. The van der Waals surface area contributed by atoms with Crippen molar-refractivity contribution in [3.63, 3.8) is 0 Å². The van der Waals surface area contributed by atoms with Crippen LogP contribution in [0, 0.1) is 12.8 Å². The summed E-state index contributed by atoms with van der Waals surface area (Å²) in [7, 11) is 0. The van der Waals surface area contributed by atoms with Crippen molar-refractivity contribution in [1.29, 1.82) is 0 Å². The van der Waals surface area contributed by atoms with Gasteiger partial charge in [0.25, 0.3) is 0 Å². The van der Waals surface area contributed by atoms with Crippen molar-refractivity contribution >= 4 is 27.5 Å². The molecule has 0 fully saturated rings. The first-order valence-corrected chi connectivity index (χ1v) is 5.75. The van der Waals surface area contributed by atoms with Gasteiger partial charge in [0, 0.05) is 10.4 Å². The molecule has 0 saturated carbocycles. The van der Waals surface area contributed by atoms with Gasteiger partial charge in [0.05, 0.1) is 12.2 Å². The van der Waals surface area contributed by atoms with Crippen LogP contribution in [0.5, 0.6) is 0 Å². The number of aryl methyl sites for hydroxylation is 1. The number of nitrogens with zero attached hydrogens (tertiary/aromatic N) is 2. The summed E-state index contributed by atoms with van der Waals surface area (Å²) < 4.78 is 1.09. The molecule has 1 heterocycles. The Morgan fingerprint density at radius 1 is 1.53 bits per heavy atom. The largest absolute Gasteiger partial charge is 0.385 e. The van der Waals surface area contributed by atoms with Crippen LogP contribution in [-0.2, 0) is 0 Å². The van der Waals surface area contributed by atoms with Crippen LogP contribution in [0.25, 0.3) is 0 Å². The average molecular weight is 268 g/mol. The molecular formula is C11H14BrN3. The minimum absolute atomic E-state index is 0.341. The molecule has 80 valence electrons. The molecular weight excluding hydrogens is 254 g/mol. The number of rotatable bonds is 1. The van der Waals surface area contributed by atoms with Crippen LogP contribution in [0.1, 0.15) is 12.5 Å². The van der Waals surface area contributed by atoms with Crippen molar-refractivity contribution in [2.75, 3.05) is 11.6 Å². The monoisotopic (exact) mass is 267 g/mol. The van der Waals surface area contributed by atoms with Crippen molar-refractivity contribution < 1.29 is 0 Å². The number of benzene rings is 1. The van der Waals surface area contributed by atoms with Crippen LogP contribution in [0.15, 0.2) is 27.8 Å². The molecule has 0 spiro atoms. The second-order valence-electron chi connectivity index (χ2n) is 3.94. The SMILES string of the molecule is Cc1cc(Br)ccc1N1CC(C)C(N)=N1. The van der Waals surface area contributed by atoms with E-state index in [0.29, 0.717) is 5.92 Å². The molecule has 1 atom stereocenters. The molecule has 1 aromatic carbocycles. The van der Waals surface area contributed by atoms with E-state index in [1.54, 1.807) is 0 Å². The Labute approximate surface area is 98.1 Å². The van der Waals surface area contributed by atoms with Crippen molar-refractivity contribution in [3.8, 4) is 0 Å². The lowest BCUT2D eigenvalue weighted by Gasteiger charge is -2.17. The van der Waals surface area contributed by atoms with Gasteiger partial charge < -0.3 is 5.73 Å². The first-order valence-electron chi connectivity index (χ1n) is 4.95. The van der Waals surface area contributed by atoms with Gasteiger partial charge in [0.1, 0.15) is 5.84 Å². The summed E-state index contributed by atoms with van der Waals surface area (Å²) in [5.74, 6) is 1.06. The van der Waals surface area contributed by atoms with Crippen LogP contribution in [0.2, 0.25) is 0 Å². The second-order valence-corrected chi connectivity index (χ2v) is 4.85. The maximum absolute atomic E-state index is 5.79. The predicted octanol–water partition coefficient (Wildman–Crippen LogP) is 2.49. The van der Waals surface area contributed by atoms with Crippen LogP contribution < -0.4 is 10.7 Å². The van der Waals surface area contributed by atoms with Crippen molar-refractivity contribution in [2.24, 2.45) is 16.8 Å². The molecule has 1 aromatic rings. The molecule has 3 nitrogen and oxygen atoms in total. The van der Waals surface area contributed by atoms with Gasteiger partial charge in [-0.1, -0.05) is 22.9 Å². The van der Waals surface area contributed by atoms with Crippen molar-refractivity contribution in [2.45, 2.75) is 13.8 Å². The molecule has 0 aliphatic carbocycles. The Balaban J connectivity index is 2.32. The van der Waals surface area contributed by atoms with E-state index in [1.807, 2.05) is 11.1 Å². The summed E-state index contributed by atoms with van der Waals surface area (Å²) in [6.45, 7) is 5.04. The standard InChI is InChI=1S/C11H14BrN3/c1-7-5-9(12)3-4-10(7)15-6-8(2)11(13)14-15/h3-5,8H,6H2,1-2H3,(H2,13,14). The first-order chi connectivity index (χ1) is 7.08. The zero-order valence-corrected chi connectivity index (χ0v) is 10.5. The van der Waals surface area contributed by atoms with Crippen LogP contribution in [0.3, 0.4) is 0 Å². The molecule has 0 radical (unpaired) electrons. The van der Waals surface area contributed by atoms with Gasteiger partial charge >= 0.3 is 0 Å². The summed E-state index contributed by atoms with van der Waals surface area (Å²) >= 11 is 3.45. The summed E-state index contributed by atoms with van der Waals surface area (Å²) in [6.07, 6.45) is 0. The lowest BCUT2D eigenvalue weighted by atomic mass is 10.1. The third-order valence-corrected chi connectivity index (χ3v) is 3.12.